The van der Waals surface area contributed by atoms with Gasteiger partial charge in [0.15, 0.2) is 0 Å². The Hall–Kier alpha value is -1.81. The van der Waals surface area contributed by atoms with E-state index in [0.717, 1.165) is 21.3 Å². The number of methoxy groups -OCH3 is 1. The van der Waals surface area contributed by atoms with Crippen molar-refractivity contribution in [3.8, 4) is 16.9 Å². The fraction of sp³-hybridized carbons (Fsp3) is 0.0714. The molecule has 0 amide bonds. The van der Waals surface area contributed by atoms with E-state index in [1.165, 1.54) is 0 Å². The van der Waals surface area contributed by atoms with Crippen LogP contribution in [0.2, 0.25) is 0 Å². The van der Waals surface area contributed by atoms with Crippen molar-refractivity contribution in [1.82, 2.24) is 0 Å². The number of benzene rings is 2. The molecule has 18 heavy (non-hydrogen) atoms. The summed E-state index contributed by atoms with van der Waals surface area (Å²) in [5, 5.41) is 8.83. The van der Waals surface area contributed by atoms with Crippen molar-refractivity contribution in [2.75, 3.05) is 7.11 Å². The molecular weight excluding hydrogens is 296 g/mol. The SMILES string of the molecule is COc1ccc(-c2ccc(C(=O)O)cc2)cc1Br. The molecule has 0 bridgehead atoms. The molecule has 2 aromatic carbocycles. The van der Waals surface area contributed by atoms with Gasteiger partial charge in [-0.05, 0) is 51.3 Å². The summed E-state index contributed by atoms with van der Waals surface area (Å²) in [6.45, 7) is 0. The minimum Gasteiger partial charge on any atom is -0.496 e. The molecule has 0 heterocycles. The third-order valence-corrected chi connectivity index (χ3v) is 3.24. The number of carboxylic acid groups (broad SMARTS) is 1. The first kappa shape index (κ1) is 12.6. The van der Waals surface area contributed by atoms with Gasteiger partial charge >= 0.3 is 5.97 Å². The molecule has 0 spiro atoms. The first-order valence-electron chi connectivity index (χ1n) is 5.29. The minimum atomic E-state index is -0.919. The van der Waals surface area contributed by atoms with Gasteiger partial charge in [-0.15, -0.1) is 0 Å². The number of carboxylic acids is 1. The summed E-state index contributed by atoms with van der Waals surface area (Å²) in [5.74, 6) is -0.154. The molecule has 1 N–H and O–H groups in total. The van der Waals surface area contributed by atoms with Crippen LogP contribution in [-0.4, -0.2) is 18.2 Å². The molecule has 3 nitrogen and oxygen atoms in total. The van der Waals surface area contributed by atoms with Gasteiger partial charge < -0.3 is 9.84 Å². The zero-order valence-corrected chi connectivity index (χ0v) is 11.3. The molecule has 0 aliphatic rings. The summed E-state index contributed by atoms with van der Waals surface area (Å²) in [6, 6.07) is 12.5. The quantitative estimate of drug-likeness (QED) is 0.937. The zero-order valence-electron chi connectivity index (χ0n) is 9.68. The van der Waals surface area contributed by atoms with E-state index in [0.29, 0.717) is 0 Å². The topological polar surface area (TPSA) is 46.5 Å². The van der Waals surface area contributed by atoms with Crippen LogP contribution in [0, 0.1) is 0 Å². The van der Waals surface area contributed by atoms with Crippen LogP contribution < -0.4 is 4.74 Å². The maximum atomic E-state index is 10.8. The van der Waals surface area contributed by atoms with Crippen LogP contribution in [0.4, 0.5) is 0 Å². The van der Waals surface area contributed by atoms with Crippen molar-refractivity contribution in [3.05, 3.63) is 52.5 Å². The Kier molecular flexibility index (Phi) is 3.67. The molecule has 0 aromatic heterocycles. The number of carbonyl (C=O) groups is 1. The number of ether oxygens (including phenoxy) is 1. The molecular formula is C14H11BrO3. The predicted molar refractivity (Wildman–Crippen MR) is 73.1 cm³/mol. The van der Waals surface area contributed by atoms with Crippen molar-refractivity contribution in [2.24, 2.45) is 0 Å². The van der Waals surface area contributed by atoms with Crippen LogP contribution in [0.15, 0.2) is 46.9 Å². The maximum absolute atomic E-state index is 10.8. The monoisotopic (exact) mass is 306 g/mol. The van der Waals surface area contributed by atoms with Gasteiger partial charge in [0.25, 0.3) is 0 Å². The summed E-state index contributed by atoms with van der Waals surface area (Å²) in [5.41, 5.74) is 2.24. The fourth-order valence-electron chi connectivity index (χ4n) is 1.65. The fourth-order valence-corrected chi connectivity index (χ4v) is 2.19. The Balaban J connectivity index is 2.36. The largest absolute Gasteiger partial charge is 0.496 e. The van der Waals surface area contributed by atoms with Crippen LogP contribution in [0.1, 0.15) is 10.4 Å². The van der Waals surface area contributed by atoms with Crippen molar-refractivity contribution < 1.29 is 14.6 Å². The second-order valence-electron chi connectivity index (χ2n) is 3.73. The van der Waals surface area contributed by atoms with Gasteiger partial charge in [0.2, 0.25) is 0 Å². The lowest BCUT2D eigenvalue weighted by molar-refractivity contribution is 0.0697. The molecule has 2 aromatic rings. The van der Waals surface area contributed by atoms with E-state index in [4.69, 9.17) is 9.84 Å². The third kappa shape index (κ3) is 2.54. The Morgan fingerprint density at radius 3 is 2.22 bits per heavy atom. The van der Waals surface area contributed by atoms with E-state index in [1.54, 1.807) is 31.4 Å². The molecule has 0 saturated carbocycles. The summed E-state index contributed by atoms with van der Waals surface area (Å²) in [6.07, 6.45) is 0. The van der Waals surface area contributed by atoms with Gasteiger partial charge in [0, 0.05) is 0 Å². The molecule has 2 rings (SSSR count). The zero-order chi connectivity index (χ0) is 13.1. The molecule has 0 saturated heterocycles. The molecule has 0 fully saturated rings. The summed E-state index contributed by atoms with van der Waals surface area (Å²) in [4.78, 5) is 10.8. The van der Waals surface area contributed by atoms with Crippen molar-refractivity contribution in [1.29, 1.82) is 0 Å². The van der Waals surface area contributed by atoms with Gasteiger partial charge in [0.05, 0.1) is 17.1 Å². The van der Waals surface area contributed by atoms with Gasteiger partial charge in [0.1, 0.15) is 5.75 Å². The maximum Gasteiger partial charge on any atom is 0.335 e. The molecule has 0 atom stereocenters. The average molecular weight is 307 g/mol. The van der Waals surface area contributed by atoms with E-state index in [2.05, 4.69) is 15.9 Å². The second kappa shape index (κ2) is 5.23. The first-order chi connectivity index (χ1) is 8.61. The highest BCUT2D eigenvalue weighted by atomic mass is 79.9. The number of rotatable bonds is 3. The second-order valence-corrected chi connectivity index (χ2v) is 4.59. The Morgan fingerprint density at radius 1 is 1.11 bits per heavy atom. The molecule has 4 heteroatoms. The van der Waals surface area contributed by atoms with Crippen LogP contribution in [-0.2, 0) is 0 Å². The molecule has 0 unspecified atom stereocenters. The van der Waals surface area contributed by atoms with Gasteiger partial charge in [-0.2, -0.15) is 0 Å². The minimum absolute atomic E-state index is 0.284. The smallest absolute Gasteiger partial charge is 0.335 e. The predicted octanol–water partition coefficient (Wildman–Crippen LogP) is 3.82. The highest BCUT2D eigenvalue weighted by Gasteiger charge is 2.05. The third-order valence-electron chi connectivity index (χ3n) is 2.62. The van der Waals surface area contributed by atoms with Crippen LogP contribution in [0.3, 0.4) is 0 Å². The molecule has 92 valence electrons. The van der Waals surface area contributed by atoms with Crippen LogP contribution >= 0.6 is 15.9 Å². The lowest BCUT2D eigenvalue weighted by atomic mass is 10.0. The van der Waals surface area contributed by atoms with Crippen LogP contribution in [0.5, 0.6) is 5.75 Å². The first-order valence-corrected chi connectivity index (χ1v) is 6.08. The van der Waals surface area contributed by atoms with Crippen molar-refractivity contribution in [3.63, 3.8) is 0 Å². The molecule has 0 radical (unpaired) electrons. The highest BCUT2D eigenvalue weighted by Crippen LogP contribution is 2.30. The van der Waals surface area contributed by atoms with E-state index < -0.39 is 5.97 Å². The summed E-state index contributed by atoms with van der Waals surface area (Å²) >= 11 is 3.42. The lowest BCUT2D eigenvalue weighted by Crippen LogP contribution is -1.95. The Bertz CT molecular complexity index is 576. The van der Waals surface area contributed by atoms with E-state index in [9.17, 15) is 4.79 Å². The molecule has 0 aliphatic heterocycles. The number of aromatic carboxylic acids is 1. The van der Waals surface area contributed by atoms with Gasteiger partial charge in [-0.1, -0.05) is 18.2 Å². The number of hydrogen-bond donors (Lipinski definition) is 1. The molecule has 0 aliphatic carbocycles. The lowest BCUT2D eigenvalue weighted by Gasteiger charge is -2.06. The van der Waals surface area contributed by atoms with E-state index >= 15 is 0 Å². The normalized spacial score (nSPS) is 10.1. The van der Waals surface area contributed by atoms with E-state index in [1.807, 2.05) is 18.2 Å². The Labute approximate surface area is 113 Å². The van der Waals surface area contributed by atoms with Crippen molar-refractivity contribution in [2.45, 2.75) is 0 Å². The Morgan fingerprint density at radius 2 is 1.72 bits per heavy atom. The van der Waals surface area contributed by atoms with E-state index in [-0.39, 0.29) is 5.56 Å². The van der Waals surface area contributed by atoms with Gasteiger partial charge in [-0.3, -0.25) is 0 Å². The van der Waals surface area contributed by atoms with Gasteiger partial charge in [-0.25, -0.2) is 4.79 Å². The average Bonchev–Trinajstić information content (AvgIpc) is 2.38. The summed E-state index contributed by atoms with van der Waals surface area (Å²) in [7, 11) is 1.61. The standard InChI is InChI=1S/C14H11BrO3/c1-18-13-7-6-11(8-12(13)15)9-2-4-10(5-3-9)14(16)17/h2-8H,1H3,(H,16,17). The number of halogens is 1. The number of hydrogen-bond acceptors (Lipinski definition) is 2. The van der Waals surface area contributed by atoms with Crippen molar-refractivity contribution >= 4 is 21.9 Å². The summed E-state index contributed by atoms with van der Waals surface area (Å²) < 4.78 is 6.03. The van der Waals surface area contributed by atoms with Crippen LogP contribution in [0.25, 0.3) is 11.1 Å². The highest BCUT2D eigenvalue weighted by molar-refractivity contribution is 9.10.